The molecule has 1 N–H and O–H groups in total. The largest absolute Gasteiger partial charge is 0.451 e. The molecule has 0 saturated heterocycles. The highest BCUT2D eigenvalue weighted by Gasteiger charge is 2.12. The van der Waals surface area contributed by atoms with Crippen molar-refractivity contribution in [3.05, 3.63) is 87.8 Å². The number of halogens is 1. The lowest BCUT2D eigenvalue weighted by Crippen LogP contribution is -2.16. The van der Waals surface area contributed by atoms with E-state index >= 15 is 0 Å². The number of nitrogens with zero attached hydrogens (tertiary/aromatic N) is 2. The third-order valence-electron chi connectivity index (χ3n) is 4.57. The number of carbonyl (C=O) groups is 1. The average molecular weight is 436 g/mol. The molecule has 0 unspecified atom stereocenters. The third-order valence-corrected chi connectivity index (χ3v) is 5.10. The first-order valence-corrected chi connectivity index (χ1v) is 9.59. The van der Waals surface area contributed by atoms with Crippen molar-refractivity contribution in [1.82, 2.24) is 9.99 Å². The normalized spacial score (nSPS) is 11.4. The zero-order valence-electron chi connectivity index (χ0n) is 15.4. The van der Waals surface area contributed by atoms with Crippen molar-refractivity contribution in [3.8, 4) is 5.69 Å². The minimum absolute atomic E-state index is 0.235. The molecule has 0 radical (unpaired) electrons. The number of aromatic nitrogens is 1. The third kappa shape index (κ3) is 3.51. The summed E-state index contributed by atoms with van der Waals surface area (Å²) in [7, 11) is 0. The highest BCUT2D eigenvalue weighted by Crippen LogP contribution is 2.22. The number of furan rings is 1. The van der Waals surface area contributed by atoms with E-state index in [0.717, 1.165) is 32.5 Å². The van der Waals surface area contributed by atoms with Gasteiger partial charge in [0.1, 0.15) is 5.58 Å². The van der Waals surface area contributed by atoms with E-state index in [1.165, 1.54) is 0 Å². The van der Waals surface area contributed by atoms with E-state index in [2.05, 4.69) is 31.0 Å². The number of hydrogen-bond acceptors (Lipinski definition) is 3. The smallest absolute Gasteiger partial charge is 0.307 e. The number of aryl methyl sites for hydroxylation is 1. The zero-order valence-corrected chi connectivity index (χ0v) is 17.0. The van der Waals surface area contributed by atoms with Gasteiger partial charge in [-0.15, -0.1) is 0 Å². The Hall–Kier alpha value is -3.12. The van der Waals surface area contributed by atoms with Crippen LogP contribution in [-0.4, -0.2) is 16.7 Å². The van der Waals surface area contributed by atoms with E-state index < -0.39 is 0 Å². The van der Waals surface area contributed by atoms with Gasteiger partial charge in [-0.2, -0.15) is 5.10 Å². The van der Waals surface area contributed by atoms with Crippen LogP contribution in [0.3, 0.4) is 0 Å². The van der Waals surface area contributed by atoms with Gasteiger partial charge in [-0.05, 0) is 56.3 Å². The number of hydrazone groups is 1. The number of nitrogens with one attached hydrogen (secondary N) is 1. The molecule has 0 spiro atoms. The standard InChI is InChI=1S/C22H18BrN3O2/c1-14-11-17(15(2)26(14)19-9-7-18(23)8-10-19)13-24-25-22(27)21-12-16-5-3-4-6-20(16)28-21/h3-13H,1-2H3,(H,25,27)/b24-13-. The molecule has 0 saturated carbocycles. The summed E-state index contributed by atoms with van der Waals surface area (Å²) in [4.78, 5) is 12.3. The Bertz CT molecular complexity index is 1150. The number of fused-ring (bicyclic) bond motifs is 1. The quantitative estimate of drug-likeness (QED) is 0.346. The Kier molecular flexibility index (Phi) is 4.88. The van der Waals surface area contributed by atoms with E-state index in [9.17, 15) is 4.79 Å². The summed E-state index contributed by atoms with van der Waals surface area (Å²) >= 11 is 3.46. The predicted octanol–water partition coefficient (Wildman–Crippen LogP) is 5.37. The van der Waals surface area contributed by atoms with Crippen molar-refractivity contribution >= 4 is 39.0 Å². The molecule has 0 aliphatic carbocycles. The number of amides is 1. The van der Waals surface area contributed by atoms with Crippen LogP contribution in [0.5, 0.6) is 0 Å². The molecular formula is C22H18BrN3O2. The molecule has 0 bridgehead atoms. The van der Waals surface area contributed by atoms with Gasteiger partial charge in [0, 0.05) is 32.5 Å². The SMILES string of the molecule is Cc1cc(/C=N\NC(=O)c2cc3ccccc3o2)c(C)n1-c1ccc(Br)cc1. The minimum Gasteiger partial charge on any atom is -0.451 e. The first-order chi connectivity index (χ1) is 13.5. The summed E-state index contributed by atoms with van der Waals surface area (Å²) in [5.74, 6) is -0.146. The Balaban J connectivity index is 1.52. The molecule has 1 amide bonds. The summed E-state index contributed by atoms with van der Waals surface area (Å²) in [6.07, 6.45) is 1.65. The molecule has 5 nitrogen and oxygen atoms in total. The van der Waals surface area contributed by atoms with Gasteiger partial charge in [0.2, 0.25) is 0 Å². The van der Waals surface area contributed by atoms with Gasteiger partial charge in [0.05, 0.1) is 6.21 Å². The molecule has 0 atom stereocenters. The summed E-state index contributed by atoms with van der Waals surface area (Å²) < 4.78 is 8.74. The Morgan fingerprint density at radius 1 is 1.11 bits per heavy atom. The fraction of sp³-hybridized carbons (Fsp3) is 0.0909. The second kappa shape index (κ2) is 7.48. The second-order valence-electron chi connectivity index (χ2n) is 6.49. The van der Waals surface area contributed by atoms with Gasteiger partial charge in [-0.1, -0.05) is 34.1 Å². The van der Waals surface area contributed by atoms with Crippen LogP contribution in [0.15, 0.2) is 74.7 Å². The Labute approximate surface area is 170 Å². The zero-order chi connectivity index (χ0) is 19.7. The fourth-order valence-electron chi connectivity index (χ4n) is 3.22. The van der Waals surface area contributed by atoms with Crippen molar-refractivity contribution in [2.24, 2.45) is 5.10 Å². The van der Waals surface area contributed by atoms with Gasteiger partial charge in [0.25, 0.3) is 0 Å². The lowest BCUT2D eigenvalue weighted by molar-refractivity contribution is 0.0929. The monoisotopic (exact) mass is 435 g/mol. The molecule has 28 heavy (non-hydrogen) atoms. The van der Waals surface area contributed by atoms with Crippen LogP contribution in [0.2, 0.25) is 0 Å². The van der Waals surface area contributed by atoms with Crippen LogP contribution in [0.1, 0.15) is 27.5 Å². The van der Waals surface area contributed by atoms with E-state index in [1.54, 1.807) is 12.3 Å². The molecule has 2 aromatic heterocycles. The molecule has 6 heteroatoms. The molecule has 0 aliphatic rings. The highest BCUT2D eigenvalue weighted by atomic mass is 79.9. The lowest BCUT2D eigenvalue weighted by atomic mass is 10.2. The Morgan fingerprint density at radius 3 is 2.61 bits per heavy atom. The lowest BCUT2D eigenvalue weighted by Gasteiger charge is -2.09. The first kappa shape index (κ1) is 18.3. The van der Waals surface area contributed by atoms with Gasteiger partial charge < -0.3 is 8.98 Å². The maximum absolute atomic E-state index is 12.3. The Morgan fingerprint density at radius 2 is 1.86 bits per heavy atom. The summed E-state index contributed by atoms with van der Waals surface area (Å²) in [6, 6.07) is 19.4. The molecular weight excluding hydrogens is 418 g/mol. The molecule has 2 aromatic carbocycles. The highest BCUT2D eigenvalue weighted by molar-refractivity contribution is 9.10. The van der Waals surface area contributed by atoms with Crippen LogP contribution in [0, 0.1) is 13.8 Å². The molecule has 4 rings (SSSR count). The maximum Gasteiger partial charge on any atom is 0.307 e. The van der Waals surface area contributed by atoms with Crippen molar-refractivity contribution in [2.75, 3.05) is 0 Å². The topological polar surface area (TPSA) is 59.5 Å². The number of rotatable bonds is 4. The molecule has 0 fully saturated rings. The van der Waals surface area contributed by atoms with Gasteiger partial charge in [0.15, 0.2) is 5.76 Å². The fourth-order valence-corrected chi connectivity index (χ4v) is 3.48. The van der Waals surface area contributed by atoms with Crippen LogP contribution in [-0.2, 0) is 0 Å². The predicted molar refractivity (Wildman–Crippen MR) is 114 cm³/mol. The van der Waals surface area contributed by atoms with E-state index in [-0.39, 0.29) is 11.7 Å². The van der Waals surface area contributed by atoms with Crippen molar-refractivity contribution in [1.29, 1.82) is 0 Å². The maximum atomic E-state index is 12.3. The summed E-state index contributed by atoms with van der Waals surface area (Å²) in [5, 5.41) is 4.99. The van der Waals surface area contributed by atoms with Crippen LogP contribution in [0.25, 0.3) is 16.7 Å². The van der Waals surface area contributed by atoms with Crippen LogP contribution < -0.4 is 5.43 Å². The average Bonchev–Trinajstić information content (AvgIpc) is 3.24. The van der Waals surface area contributed by atoms with Gasteiger partial charge in [-0.3, -0.25) is 4.79 Å². The van der Waals surface area contributed by atoms with Gasteiger partial charge in [-0.25, -0.2) is 5.43 Å². The molecule has 2 heterocycles. The minimum atomic E-state index is -0.380. The summed E-state index contributed by atoms with van der Waals surface area (Å²) in [5.41, 5.74) is 7.35. The van der Waals surface area contributed by atoms with Gasteiger partial charge >= 0.3 is 5.91 Å². The number of hydrogen-bond donors (Lipinski definition) is 1. The molecule has 0 aliphatic heterocycles. The van der Waals surface area contributed by atoms with E-state index in [0.29, 0.717) is 5.58 Å². The van der Waals surface area contributed by atoms with Crippen LogP contribution >= 0.6 is 15.9 Å². The van der Waals surface area contributed by atoms with Crippen molar-refractivity contribution in [2.45, 2.75) is 13.8 Å². The van der Waals surface area contributed by atoms with E-state index in [1.807, 2.05) is 68.4 Å². The van der Waals surface area contributed by atoms with E-state index in [4.69, 9.17) is 4.42 Å². The number of carbonyl (C=O) groups excluding carboxylic acids is 1. The first-order valence-electron chi connectivity index (χ1n) is 8.80. The summed E-state index contributed by atoms with van der Waals surface area (Å²) in [6.45, 7) is 4.07. The molecule has 4 aromatic rings. The van der Waals surface area contributed by atoms with Crippen molar-refractivity contribution < 1.29 is 9.21 Å². The second-order valence-corrected chi connectivity index (χ2v) is 7.40. The number of para-hydroxylation sites is 1. The van der Waals surface area contributed by atoms with Crippen LogP contribution in [0.4, 0.5) is 0 Å². The number of benzene rings is 2. The van der Waals surface area contributed by atoms with Crippen molar-refractivity contribution in [3.63, 3.8) is 0 Å². The molecule has 140 valence electrons.